The second-order valence-electron chi connectivity index (χ2n) is 10.9. The van der Waals surface area contributed by atoms with Gasteiger partial charge in [0.2, 0.25) is 5.43 Å². The number of fused-ring (bicyclic) bond motifs is 2. The molecule has 2 N–H and O–H groups in total. The van der Waals surface area contributed by atoms with Gasteiger partial charge in [0.1, 0.15) is 16.4 Å². The standard InChI is InChI=1S/C30H29F3N6O4S/c1-4-34-29(42)37-24-9-16(27-36-23(14-44-27)30(31,32)33)18(10-35-24)15-6-7-22-17(8-15)26(40)21(28(41)43-5-2)13-39(22)25-19-11-38(3)12-20(19)25/h6-10,13-14,19-20,25H,4-5,11-12H2,1-3H3,(H2,34,35,37,42). The van der Waals surface area contributed by atoms with Crippen LogP contribution < -0.4 is 16.1 Å². The Morgan fingerprint density at radius 1 is 1.14 bits per heavy atom. The van der Waals surface area contributed by atoms with Crippen LogP contribution in [0.3, 0.4) is 0 Å². The van der Waals surface area contributed by atoms with Crippen LogP contribution in [0.2, 0.25) is 0 Å². The lowest BCUT2D eigenvalue weighted by atomic mass is 9.99. The monoisotopic (exact) mass is 626 g/mol. The van der Waals surface area contributed by atoms with Gasteiger partial charge >= 0.3 is 18.2 Å². The normalized spacial score (nSPS) is 19.5. The van der Waals surface area contributed by atoms with Gasteiger partial charge in [0.05, 0.1) is 12.1 Å². The quantitative estimate of drug-likeness (QED) is 0.269. The van der Waals surface area contributed by atoms with Crippen molar-refractivity contribution in [3.05, 3.63) is 63.5 Å². The smallest absolute Gasteiger partial charge is 0.434 e. The van der Waals surface area contributed by atoms with Crippen molar-refractivity contribution in [2.24, 2.45) is 11.8 Å². The van der Waals surface area contributed by atoms with E-state index in [1.165, 1.54) is 12.3 Å². The Balaban J connectivity index is 1.50. The molecular weight excluding hydrogens is 597 g/mol. The summed E-state index contributed by atoms with van der Waals surface area (Å²) >= 11 is 0.801. The highest BCUT2D eigenvalue weighted by atomic mass is 32.1. The number of amides is 2. The number of hydrogen-bond donors (Lipinski definition) is 2. The third-order valence-corrected chi connectivity index (χ3v) is 8.87. The van der Waals surface area contributed by atoms with E-state index in [0.29, 0.717) is 35.0 Å². The fraction of sp³-hybridized carbons (Fsp3) is 0.367. The first-order valence-corrected chi connectivity index (χ1v) is 15.0. The van der Waals surface area contributed by atoms with Gasteiger partial charge in [-0.3, -0.25) is 10.1 Å². The Hall–Kier alpha value is -4.30. The highest BCUT2D eigenvalue weighted by Gasteiger charge is 2.56. The molecular formula is C30H29F3N6O4S. The summed E-state index contributed by atoms with van der Waals surface area (Å²) in [6.45, 7) is 5.70. The molecule has 2 amide bonds. The van der Waals surface area contributed by atoms with Crippen molar-refractivity contribution in [1.29, 1.82) is 0 Å². The van der Waals surface area contributed by atoms with Gasteiger partial charge in [-0.2, -0.15) is 13.2 Å². The second kappa shape index (κ2) is 11.3. The third-order valence-electron chi connectivity index (χ3n) is 8.00. The first-order chi connectivity index (χ1) is 21.0. The van der Waals surface area contributed by atoms with Gasteiger partial charge in [-0.25, -0.2) is 19.6 Å². The van der Waals surface area contributed by atoms with Crippen LogP contribution in [0.4, 0.5) is 23.8 Å². The van der Waals surface area contributed by atoms with Crippen LogP contribution in [0.15, 0.2) is 46.8 Å². The Bertz CT molecular complexity index is 1830. The van der Waals surface area contributed by atoms with Gasteiger partial charge in [0.15, 0.2) is 5.69 Å². The molecule has 0 spiro atoms. The zero-order chi connectivity index (χ0) is 31.3. The lowest BCUT2D eigenvalue weighted by molar-refractivity contribution is -0.140. The number of esters is 1. The number of benzene rings is 1. The van der Waals surface area contributed by atoms with Crippen molar-refractivity contribution in [3.8, 4) is 21.7 Å². The Morgan fingerprint density at radius 2 is 1.89 bits per heavy atom. The lowest BCUT2D eigenvalue weighted by Gasteiger charge is -2.19. The van der Waals surface area contributed by atoms with Crippen LogP contribution in [0.25, 0.3) is 32.6 Å². The van der Waals surface area contributed by atoms with Gasteiger partial charge in [-0.1, -0.05) is 6.07 Å². The van der Waals surface area contributed by atoms with E-state index >= 15 is 0 Å². The third kappa shape index (κ3) is 5.43. The zero-order valence-electron chi connectivity index (χ0n) is 24.1. The molecule has 44 heavy (non-hydrogen) atoms. The van der Waals surface area contributed by atoms with E-state index in [2.05, 4.69) is 32.5 Å². The number of nitrogens with one attached hydrogen (secondary N) is 2. The average molecular weight is 627 g/mol. The molecule has 1 saturated carbocycles. The molecule has 10 nitrogen and oxygen atoms in total. The van der Waals surface area contributed by atoms with E-state index < -0.39 is 29.3 Å². The van der Waals surface area contributed by atoms with E-state index in [4.69, 9.17) is 4.74 Å². The number of halogens is 3. The number of hydrogen-bond acceptors (Lipinski definition) is 8. The zero-order valence-corrected chi connectivity index (χ0v) is 24.9. The molecule has 2 atom stereocenters. The molecule has 1 saturated heterocycles. The number of rotatable bonds is 7. The summed E-state index contributed by atoms with van der Waals surface area (Å²) in [6.07, 6.45) is -1.63. The summed E-state index contributed by atoms with van der Waals surface area (Å²) in [6, 6.07) is 6.22. The molecule has 2 unspecified atom stereocenters. The molecule has 0 bridgehead atoms. The number of ether oxygens (including phenoxy) is 1. The maximum Gasteiger partial charge on any atom is 0.434 e. The molecule has 6 rings (SSSR count). The number of aromatic nitrogens is 3. The maximum atomic E-state index is 13.7. The Kier molecular flexibility index (Phi) is 7.66. The highest BCUT2D eigenvalue weighted by molar-refractivity contribution is 7.13. The van der Waals surface area contributed by atoms with E-state index in [0.717, 1.165) is 29.8 Å². The van der Waals surface area contributed by atoms with E-state index in [-0.39, 0.29) is 40.0 Å². The van der Waals surface area contributed by atoms with Crippen LogP contribution in [0, 0.1) is 11.8 Å². The number of anilines is 1. The van der Waals surface area contributed by atoms with Gasteiger partial charge in [-0.05, 0) is 56.5 Å². The second-order valence-corrected chi connectivity index (χ2v) is 11.8. The average Bonchev–Trinajstić information content (AvgIpc) is 3.30. The van der Waals surface area contributed by atoms with Crippen LogP contribution in [-0.4, -0.2) is 64.7 Å². The predicted molar refractivity (Wildman–Crippen MR) is 160 cm³/mol. The molecule has 4 heterocycles. The molecule has 2 aliphatic rings. The lowest BCUT2D eigenvalue weighted by Crippen LogP contribution is -2.28. The van der Waals surface area contributed by atoms with Crippen molar-refractivity contribution < 1.29 is 27.5 Å². The molecule has 4 aromatic rings. The highest BCUT2D eigenvalue weighted by Crippen LogP contribution is 2.55. The topological polar surface area (TPSA) is 118 Å². The minimum atomic E-state index is -4.64. The molecule has 14 heteroatoms. The molecule has 1 aliphatic carbocycles. The van der Waals surface area contributed by atoms with Crippen LogP contribution >= 0.6 is 11.3 Å². The SMILES string of the molecule is CCNC(=O)Nc1cc(-c2nc(C(F)(F)F)cs2)c(-c2ccc3c(c2)c(=O)c(C(=O)OCC)cn3C2C3CN(C)CC32)cn1. The van der Waals surface area contributed by atoms with Crippen molar-refractivity contribution >= 4 is 40.1 Å². The van der Waals surface area contributed by atoms with Crippen LogP contribution in [0.5, 0.6) is 0 Å². The predicted octanol–water partition coefficient (Wildman–Crippen LogP) is 5.26. The molecule has 1 aliphatic heterocycles. The number of likely N-dealkylation sites (tertiary alicyclic amines) is 1. The number of pyridine rings is 2. The number of alkyl halides is 3. The number of piperidine rings is 1. The summed E-state index contributed by atoms with van der Waals surface area (Å²) in [5.41, 5.74) is 0.184. The molecule has 2 fully saturated rings. The van der Waals surface area contributed by atoms with Crippen molar-refractivity contribution in [3.63, 3.8) is 0 Å². The molecule has 1 aromatic carbocycles. The maximum absolute atomic E-state index is 13.7. The summed E-state index contributed by atoms with van der Waals surface area (Å²) in [4.78, 5) is 49.1. The number of thiazole rings is 1. The fourth-order valence-corrected chi connectivity index (χ4v) is 6.88. The van der Waals surface area contributed by atoms with Gasteiger partial charge in [0, 0.05) is 60.0 Å². The fourth-order valence-electron chi connectivity index (χ4n) is 6.02. The number of carbonyl (C=O) groups excluding carboxylic acids is 2. The first-order valence-electron chi connectivity index (χ1n) is 14.1. The largest absolute Gasteiger partial charge is 0.462 e. The van der Waals surface area contributed by atoms with Crippen LogP contribution in [0.1, 0.15) is 35.9 Å². The Morgan fingerprint density at radius 3 is 2.55 bits per heavy atom. The van der Waals surface area contributed by atoms with E-state index in [1.54, 1.807) is 38.2 Å². The Labute approximate surface area is 253 Å². The van der Waals surface area contributed by atoms with Gasteiger partial charge in [0.25, 0.3) is 0 Å². The van der Waals surface area contributed by atoms with Crippen molar-refractivity contribution in [2.45, 2.75) is 26.1 Å². The number of carbonyl (C=O) groups is 2. The minimum Gasteiger partial charge on any atom is -0.462 e. The van der Waals surface area contributed by atoms with E-state index in [9.17, 15) is 27.6 Å². The first kappa shape index (κ1) is 29.8. The summed E-state index contributed by atoms with van der Waals surface area (Å²) in [5, 5.41) is 6.41. The summed E-state index contributed by atoms with van der Waals surface area (Å²) < 4.78 is 47.6. The van der Waals surface area contributed by atoms with Gasteiger partial charge < -0.3 is 19.5 Å². The molecule has 3 aromatic heterocycles. The summed E-state index contributed by atoms with van der Waals surface area (Å²) in [5.74, 6) is 0.186. The molecule has 230 valence electrons. The molecule has 0 radical (unpaired) electrons. The van der Waals surface area contributed by atoms with E-state index in [1.807, 2.05) is 4.57 Å². The number of nitrogens with zero attached hydrogens (tertiary/aromatic N) is 4. The number of urea groups is 1. The van der Waals surface area contributed by atoms with Crippen molar-refractivity contribution in [1.82, 2.24) is 24.8 Å². The summed E-state index contributed by atoms with van der Waals surface area (Å²) in [7, 11) is 2.06. The van der Waals surface area contributed by atoms with Crippen molar-refractivity contribution in [2.75, 3.05) is 38.6 Å². The van der Waals surface area contributed by atoms with Crippen LogP contribution in [-0.2, 0) is 10.9 Å². The minimum absolute atomic E-state index is 0.0568. The van der Waals surface area contributed by atoms with Gasteiger partial charge in [-0.15, -0.1) is 11.3 Å².